The molecule has 0 saturated heterocycles. The van der Waals surface area contributed by atoms with Crippen molar-refractivity contribution in [3.05, 3.63) is 24.0 Å². The van der Waals surface area contributed by atoms with Crippen molar-refractivity contribution in [1.29, 1.82) is 5.41 Å². The molecule has 10 heavy (non-hydrogen) atoms. The van der Waals surface area contributed by atoms with E-state index in [1.165, 1.54) is 10.8 Å². The van der Waals surface area contributed by atoms with Crippen LogP contribution in [0.5, 0.6) is 0 Å². The van der Waals surface area contributed by atoms with E-state index >= 15 is 0 Å². The quantitative estimate of drug-likeness (QED) is 0.591. The molecule has 0 aliphatic rings. The third kappa shape index (κ3) is 0.556. The van der Waals surface area contributed by atoms with Gasteiger partial charge in [0.15, 0.2) is 0 Å². The third-order valence-electron chi connectivity index (χ3n) is 1.32. The summed E-state index contributed by atoms with van der Waals surface area (Å²) in [6.45, 7) is 0. The van der Waals surface area contributed by atoms with E-state index in [4.69, 9.17) is 10.0 Å². The van der Waals surface area contributed by atoms with Crippen LogP contribution in [0.15, 0.2) is 23.1 Å². The normalized spacial score (nSPS) is 10.4. The minimum Gasteiger partial charge on any atom is -0.308 e. The van der Waals surface area contributed by atoms with Crippen molar-refractivity contribution in [2.45, 2.75) is 0 Å². The lowest BCUT2D eigenvalue weighted by molar-refractivity contribution is 0.273. The highest BCUT2D eigenvalue weighted by Gasteiger charge is 1.97. The minimum atomic E-state index is 0.821. The zero-order chi connectivity index (χ0) is 6.97. The van der Waals surface area contributed by atoms with Gasteiger partial charge in [0.2, 0.25) is 0 Å². The molecule has 0 amide bonds. The highest BCUT2D eigenvalue weighted by Crippen LogP contribution is 2.05. The topological polar surface area (TPSA) is 54.3 Å². The first-order chi connectivity index (χ1) is 4.90. The maximum absolute atomic E-state index is 6.91. The first-order valence-electron chi connectivity index (χ1n) is 2.84. The first kappa shape index (κ1) is 5.22. The second-order valence-corrected chi connectivity index (χ2v) is 1.98. The number of aromatic nitrogens is 2. The number of rotatable bonds is 1. The maximum atomic E-state index is 6.91. The van der Waals surface area contributed by atoms with Crippen LogP contribution < -0.4 is 0 Å². The monoisotopic (exact) mass is 135 g/mol. The lowest BCUT2D eigenvalue weighted by atomic mass is 10.4. The predicted molar refractivity (Wildman–Crippen MR) is 35.3 cm³/mol. The molecule has 0 atom stereocenters. The summed E-state index contributed by atoms with van der Waals surface area (Å²) in [6, 6.07) is 1.82. The van der Waals surface area contributed by atoms with E-state index in [2.05, 4.69) is 5.16 Å². The molecule has 2 aromatic heterocycles. The fourth-order valence-corrected chi connectivity index (χ4v) is 0.854. The van der Waals surface area contributed by atoms with Crippen LogP contribution in [0.2, 0.25) is 0 Å². The van der Waals surface area contributed by atoms with E-state index in [0.29, 0.717) is 0 Å². The molecule has 0 aromatic carbocycles. The largest absolute Gasteiger partial charge is 0.308 e. The van der Waals surface area contributed by atoms with E-state index in [-0.39, 0.29) is 0 Å². The predicted octanol–water partition coefficient (Wildman–Crippen LogP) is 0.925. The molecular formula is C6H5N3O. The van der Waals surface area contributed by atoms with Crippen LogP contribution in [0.1, 0.15) is 5.56 Å². The Morgan fingerprint density at radius 1 is 1.70 bits per heavy atom. The molecule has 2 rings (SSSR count). The van der Waals surface area contributed by atoms with Crippen molar-refractivity contribution >= 4 is 11.7 Å². The standard InChI is InChI=1S/C6H5N3O/c7-2-5-1-6-3-8-10-9(6)4-5/h1-4,7H. The van der Waals surface area contributed by atoms with Crippen LogP contribution in [-0.4, -0.2) is 15.9 Å². The van der Waals surface area contributed by atoms with Crippen molar-refractivity contribution < 1.29 is 4.63 Å². The van der Waals surface area contributed by atoms with Gasteiger partial charge in [-0.3, -0.25) is 4.63 Å². The zero-order valence-electron chi connectivity index (χ0n) is 5.11. The van der Waals surface area contributed by atoms with Gasteiger partial charge in [-0.05, 0) is 6.07 Å². The van der Waals surface area contributed by atoms with Crippen molar-refractivity contribution in [2.24, 2.45) is 0 Å². The smallest absolute Gasteiger partial charge is 0.105 e. The van der Waals surface area contributed by atoms with E-state index in [1.54, 1.807) is 12.4 Å². The van der Waals surface area contributed by atoms with Gasteiger partial charge in [0, 0.05) is 11.8 Å². The number of nitrogens with one attached hydrogen (secondary N) is 1. The fourth-order valence-electron chi connectivity index (χ4n) is 0.854. The summed E-state index contributed by atoms with van der Waals surface area (Å²) in [5.74, 6) is 0. The summed E-state index contributed by atoms with van der Waals surface area (Å²) in [5.41, 5.74) is 1.69. The van der Waals surface area contributed by atoms with Gasteiger partial charge in [-0.25, -0.2) is 0 Å². The Morgan fingerprint density at radius 3 is 3.30 bits per heavy atom. The second-order valence-electron chi connectivity index (χ2n) is 1.98. The molecule has 2 heterocycles. The molecule has 4 heteroatoms. The Labute approximate surface area is 56.5 Å². The van der Waals surface area contributed by atoms with Crippen LogP contribution in [-0.2, 0) is 0 Å². The molecule has 0 saturated carbocycles. The number of hydrogen-bond donors (Lipinski definition) is 1. The van der Waals surface area contributed by atoms with Crippen molar-refractivity contribution in [3.8, 4) is 0 Å². The second kappa shape index (κ2) is 1.70. The van der Waals surface area contributed by atoms with Gasteiger partial charge in [-0.1, -0.05) is 5.16 Å². The summed E-state index contributed by atoms with van der Waals surface area (Å²) >= 11 is 0. The molecule has 0 radical (unpaired) electrons. The van der Waals surface area contributed by atoms with E-state index in [9.17, 15) is 0 Å². The highest BCUT2D eigenvalue weighted by molar-refractivity contribution is 5.79. The molecule has 0 aliphatic heterocycles. The van der Waals surface area contributed by atoms with Gasteiger partial charge in [0.25, 0.3) is 0 Å². The van der Waals surface area contributed by atoms with Crippen LogP contribution in [0.4, 0.5) is 0 Å². The van der Waals surface area contributed by atoms with E-state index in [1.807, 2.05) is 6.07 Å². The molecule has 0 spiro atoms. The highest BCUT2D eigenvalue weighted by atomic mass is 16.6. The van der Waals surface area contributed by atoms with Gasteiger partial charge in [0.1, 0.15) is 5.52 Å². The Hall–Kier alpha value is -1.58. The van der Waals surface area contributed by atoms with Crippen LogP contribution in [0.25, 0.3) is 5.52 Å². The summed E-state index contributed by atoms with van der Waals surface area (Å²) in [6.07, 6.45) is 4.57. The zero-order valence-corrected chi connectivity index (χ0v) is 5.11. The maximum Gasteiger partial charge on any atom is 0.105 e. The van der Waals surface area contributed by atoms with Gasteiger partial charge >= 0.3 is 0 Å². The number of hydrogen-bond acceptors (Lipinski definition) is 3. The van der Waals surface area contributed by atoms with Gasteiger partial charge in [-0.15, -0.1) is 0 Å². The SMILES string of the molecule is N=Cc1cc2cnon2c1. The molecule has 2 aromatic rings. The summed E-state index contributed by atoms with van der Waals surface area (Å²) in [4.78, 5) is 0. The Kier molecular flexibility index (Phi) is 0.887. The van der Waals surface area contributed by atoms with Crippen LogP contribution in [0, 0.1) is 5.41 Å². The Morgan fingerprint density at radius 2 is 2.60 bits per heavy atom. The molecule has 50 valence electrons. The average molecular weight is 135 g/mol. The summed E-state index contributed by atoms with van der Waals surface area (Å²) in [7, 11) is 0. The minimum absolute atomic E-state index is 0.821. The molecule has 0 unspecified atom stereocenters. The Balaban J connectivity index is 2.78. The molecule has 4 nitrogen and oxygen atoms in total. The third-order valence-corrected chi connectivity index (χ3v) is 1.32. The molecular weight excluding hydrogens is 130 g/mol. The van der Waals surface area contributed by atoms with E-state index in [0.717, 1.165) is 11.1 Å². The molecule has 0 aliphatic carbocycles. The van der Waals surface area contributed by atoms with Crippen LogP contribution >= 0.6 is 0 Å². The fraction of sp³-hybridized carbons (Fsp3) is 0. The van der Waals surface area contributed by atoms with Gasteiger partial charge in [-0.2, -0.15) is 4.57 Å². The Bertz CT molecular complexity index is 331. The molecule has 0 bridgehead atoms. The van der Waals surface area contributed by atoms with Gasteiger partial charge < -0.3 is 5.41 Å². The average Bonchev–Trinajstić information content (AvgIpc) is 2.42. The van der Waals surface area contributed by atoms with Crippen molar-refractivity contribution in [1.82, 2.24) is 9.73 Å². The lowest BCUT2D eigenvalue weighted by Crippen LogP contribution is -1.72. The van der Waals surface area contributed by atoms with Crippen molar-refractivity contribution in [3.63, 3.8) is 0 Å². The molecule has 1 N–H and O–H groups in total. The lowest BCUT2D eigenvalue weighted by Gasteiger charge is -1.74. The number of nitrogens with zero attached hydrogens (tertiary/aromatic N) is 2. The first-order valence-corrected chi connectivity index (χ1v) is 2.84. The van der Waals surface area contributed by atoms with Crippen molar-refractivity contribution in [2.75, 3.05) is 0 Å². The molecule has 0 fully saturated rings. The summed E-state index contributed by atoms with van der Waals surface area (Å²) < 4.78 is 6.28. The van der Waals surface area contributed by atoms with Crippen LogP contribution in [0.3, 0.4) is 0 Å². The number of fused-ring (bicyclic) bond motifs is 1. The van der Waals surface area contributed by atoms with Gasteiger partial charge in [0.05, 0.1) is 12.4 Å². The van der Waals surface area contributed by atoms with E-state index < -0.39 is 0 Å². The summed E-state index contributed by atoms with van der Waals surface area (Å²) in [5, 5.41) is 10.5.